The molecule has 35 heavy (non-hydrogen) atoms. The lowest BCUT2D eigenvalue weighted by Gasteiger charge is -2.36. The largest absolute Gasteiger partial charge is 0.490 e. The summed E-state index contributed by atoms with van der Waals surface area (Å²) < 4.78 is 16.9. The highest BCUT2D eigenvalue weighted by Gasteiger charge is 2.32. The van der Waals surface area contributed by atoms with Crippen molar-refractivity contribution in [3.05, 3.63) is 23.8 Å². The number of morpholine rings is 1. The first kappa shape index (κ1) is 25.3. The van der Waals surface area contributed by atoms with Gasteiger partial charge in [-0.2, -0.15) is 0 Å². The molecule has 3 aliphatic rings. The van der Waals surface area contributed by atoms with Gasteiger partial charge in [-0.3, -0.25) is 14.4 Å². The molecule has 0 spiro atoms. The number of benzene rings is 1. The Balaban J connectivity index is 1.39. The van der Waals surface area contributed by atoms with Gasteiger partial charge in [0.25, 0.3) is 11.8 Å². The molecule has 1 atom stereocenters. The summed E-state index contributed by atoms with van der Waals surface area (Å²) in [6.45, 7) is 7.18. The number of rotatable bonds is 7. The number of amides is 3. The number of carbonyl (C=O) groups excluding carboxylic acids is 3. The fourth-order valence-electron chi connectivity index (χ4n) is 4.99. The van der Waals surface area contributed by atoms with Crippen LogP contribution in [0.4, 0.5) is 0 Å². The highest BCUT2D eigenvalue weighted by Crippen LogP contribution is 2.30. The molecule has 3 amide bonds. The van der Waals surface area contributed by atoms with Crippen molar-refractivity contribution >= 4 is 17.7 Å². The first-order valence-corrected chi connectivity index (χ1v) is 12.9. The second kappa shape index (κ2) is 12.2. The fraction of sp³-hybridized carbons (Fsp3) is 0.654. The standard InChI is InChI=1S/C26H37N3O6/c1-2-34-23-17-20(8-9-22(23)35-19-24(30)27-10-4-3-5-11-27)25(31)29-12-6-7-21(18-29)26(32)28-13-15-33-16-14-28/h8-9,17,21H,2-7,10-16,18-19H2,1H3. The predicted octanol–water partition coefficient (Wildman–Crippen LogP) is 2.19. The Morgan fingerprint density at radius 1 is 0.886 bits per heavy atom. The lowest BCUT2D eigenvalue weighted by Crippen LogP contribution is -2.49. The van der Waals surface area contributed by atoms with Crippen LogP contribution in [-0.4, -0.2) is 98.1 Å². The van der Waals surface area contributed by atoms with E-state index in [2.05, 4.69) is 0 Å². The van der Waals surface area contributed by atoms with Crippen molar-refractivity contribution in [3.63, 3.8) is 0 Å². The van der Waals surface area contributed by atoms with E-state index in [-0.39, 0.29) is 30.2 Å². The van der Waals surface area contributed by atoms with Gasteiger partial charge in [-0.25, -0.2) is 0 Å². The minimum atomic E-state index is -0.180. The first-order valence-electron chi connectivity index (χ1n) is 12.9. The van der Waals surface area contributed by atoms with Gasteiger partial charge in [0.15, 0.2) is 18.1 Å². The van der Waals surface area contributed by atoms with Crippen molar-refractivity contribution in [1.29, 1.82) is 0 Å². The third-order valence-electron chi connectivity index (χ3n) is 6.93. The molecular formula is C26H37N3O6. The number of hydrogen-bond donors (Lipinski definition) is 0. The van der Waals surface area contributed by atoms with Crippen molar-refractivity contribution in [2.75, 3.05) is 65.7 Å². The Kier molecular flexibility index (Phi) is 8.84. The summed E-state index contributed by atoms with van der Waals surface area (Å²) in [6, 6.07) is 5.08. The number of ether oxygens (including phenoxy) is 3. The molecular weight excluding hydrogens is 450 g/mol. The predicted molar refractivity (Wildman–Crippen MR) is 130 cm³/mol. The van der Waals surface area contributed by atoms with E-state index in [1.165, 1.54) is 0 Å². The smallest absolute Gasteiger partial charge is 0.260 e. The number of piperidine rings is 2. The van der Waals surface area contributed by atoms with Gasteiger partial charge in [-0.05, 0) is 57.2 Å². The Morgan fingerprint density at radius 3 is 2.37 bits per heavy atom. The van der Waals surface area contributed by atoms with E-state index in [1.807, 2.05) is 16.7 Å². The Morgan fingerprint density at radius 2 is 1.63 bits per heavy atom. The van der Waals surface area contributed by atoms with E-state index < -0.39 is 0 Å². The van der Waals surface area contributed by atoms with Crippen LogP contribution in [0, 0.1) is 5.92 Å². The molecule has 0 saturated carbocycles. The molecule has 3 fully saturated rings. The van der Waals surface area contributed by atoms with Crippen LogP contribution >= 0.6 is 0 Å². The van der Waals surface area contributed by atoms with E-state index in [1.54, 1.807) is 23.1 Å². The molecule has 3 saturated heterocycles. The van der Waals surface area contributed by atoms with Gasteiger partial charge in [0, 0.05) is 44.8 Å². The van der Waals surface area contributed by atoms with Crippen LogP contribution in [0.3, 0.4) is 0 Å². The quantitative estimate of drug-likeness (QED) is 0.586. The van der Waals surface area contributed by atoms with E-state index in [9.17, 15) is 14.4 Å². The Hall–Kier alpha value is -2.81. The minimum Gasteiger partial charge on any atom is -0.490 e. The molecule has 4 rings (SSSR count). The zero-order valence-electron chi connectivity index (χ0n) is 20.7. The van der Waals surface area contributed by atoms with Crippen molar-refractivity contribution < 1.29 is 28.6 Å². The van der Waals surface area contributed by atoms with Crippen LogP contribution in [-0.2, 0) is 14.3 Å². The second-order valence-electron chi connectivity index (χ2n) is 9.35. The topological polar surface area (TPSA) is 88.6 Å². The molecule has 192 valence electrons. The van der Waals surface area contributed by atoms with Gasteiger partial charge in [0.2, 0.25) is 5.91 Å². The molecule has 0 radical (unpaired) electrons. The molecule has 3 aliphatic heterocycles. The summed E-state index contributed by atoms with van der Waals surface area (Å²) in [5.74, 6) is 0.678. The molecule has 1 aromatic carbocycles. The normalized spacial score (nSPS) is 20.9. The second-order valence-corrected chi connectivity index (χ2v) is 9.35. The Labute approximate surface area is 207 Å². The molecule has 1 aromatic rings. The van der Waals surface area contributed by atoms with E-state index in [0.717, 1.165) is 45.2 Å². The van der Waals surface area contributed by atoms with Crippen LogP contribution in [0.1, 0.15) is 49.4 Å². The van der Waals surface area contributed by atoms with Crippen LogP contribution in [0.25, 0.3) is 0 Å². The average Bonchev–Trinajstić information content (AvgIpc) is 2.92. The Bertz CT molecular complexity index is 895. The fourth-order valence-corrected chi connectivity index (χ4v) is 4.99. The summed E-state index contributed by atoms with van der Waals surface area (Å²) in [5, 5.41) is 0. The summed E-state index contributed by atoms with van der Waals surface area (Å²) in [7, 11) is 0. The lowest BCUT2D eigenvalue weighted by molar-refractivity contribution is -0.141. The molecule has 0 aromatic heterocycles. The molecule has 0 N–H and O–H groups in total. The monoisotopic (exact) mass is 487 g/mol. The number of nitrogens with zero attached hydrogens (tertiary/aromatic N) is 3. The molecule has 1 unspecified atom stereocenters. The van der Waals surface area contributed by atoms with Crippen molar-refractivity contribution in [2.45, 2.75) is 39.0 Å². The maximum Gasteiger partial charge on any atom is 0.260 e. The lowest BCUT2D eigenvalue weighted by atomic mass is 9.95. The summed E-state index contributed by atoms with van der Waals surface area (Å²) in [4.78, 5) is 44.2. The third kappa shape index (κ3) is 6.45. The van der Waals surface area contributed by atoms with Gasteiger partial charge in [-0.15, -0.1) is 0 Å². The number of hydrogen-bond acceptors (Lipinski definition) is 6. The summed E-state index contributed by atoms with van der Waals surface area (Å²) in [6.07, 6.45) is 4.81. The van der Waals surface area contributed by atoms with E-state index in [4.69, 9.17) is 14.2 Å². The molecule has 0 aliphatic carbocycles. The van der Waals surface area contributed by atoms with Gasteiger partial charge in [0.05, 0.1) is 25.7 Å². The van der Waals surface area contributed by atoms with Crippen LogP contribution in [0.2, 0.25) is 0 Å². The van der Waals surface area contributed by atoms with E-state index in [0.29, 0.717) is 63.1 Å². The maximum absolute atomic E-state index is 13.3. The van der Waals surface area contributed by atoms with Crippen molar-refractivity contribution in [1.82, 2.24) is 14.7 Å². The van der Waals surface area contributed by atoms with Crippen LogP contribution in [0.5, 0.6) is 11.5 Å². The van der Waals surface area contributed by atoms with Gasteiger partial charge in [0.1, 0.15) is 0 Å². The van der Waals surface area contributed by atoms with Crippen LogP contribution < -0.4 is 9.47 Å². The summed E-state index contributed by atoms with van der Waals surface area (Å²) in [5.41, 5.74) is 0.489. The number of carbonyl (C=O) groups is 3. The zero-order chi connectivity index (χ0) is 24.6. The van der Waals surface area contributed by atoms with Crippen molar-refractivity contribution in [3.8, 4) is 11.5 Å². The third-order valence-corrected chi connectivity index (χ3v) is 6.93. The van der Waals surface area contributed by atoms with E-state index >= 15 is 0 Å². The van der Waals surface area contributed by atoms with Gasteiger partial charge >= 0.3 is 0 Å². The SMILES string of the molecule is CCOc1cc(C(=O)N2CCCC(C(=O)N3CCOCC3)C2)ccc1OCC(=O)N1CCCCC1. The summed E-state index contributed by atoms with van der Waals surface area (Å²) >= 11 is 0. The molecule has 9 heteroatoms. The first-order chi connectivity index (χ1) is 17.1. The molecule has 0 bridgehead atoms. The highest BCUT2D eigenvalue weighted by atomic mass is 16.5. The molecule has 3 heterocycles. The van der Waals surface area contributed by atoms with Gasteiger partial charge < -0.3 is 28.9 Å². The molecule has 9 nitrogen and oxygen atoms in total. The van der Waals surface area contributed by atoms with Gasteiger partial charge in [-0.1, -0.05) is 0 Å². The highest BCUT2D eigenvalue weighted by molar-refractivity contribution is 5.95. The number of likely N-dealkylation sites (tertiary alicyclic amines) is 2. The van der Waals surface area contributed by atoms with Crippen LogP contribution in [0.15, 0.2) is 18.2 Å². The zero-order valence-corrected chi connectivity index (χ0v) is 20.7. The maximum atomic E-state index is 13.3. The minimum absolute atomic E-state index is 0.0309. The average molecular weight is 488 g/mol. The van der Waals surface area contributed by atoms with Crippen molar-refractivity contribution in [2.24, 2.45) is 5.92 Å².